The number of esters is 2. The van der Waals surface area contributed by atoms with Crippen LogP contribution in [0.5, 0.6) is 11.5 Å². The summed E-state index contributed by atoms with van der Waals surface area (Å²) in [7, 11) is 0. The molecular weight excluding hydrogens is 665 g/mol. The van der Waals surface area contributed by atoms with Crippen LogP contribution in [0.4, 0.5) is 0 Å². The molecular formula is C50H58O4. The first kappa shape index (κ1) is 39.0. The second-order valence-corrected chi connectivity index (χ2v) is 15.2. The molecule has 0 saturated heterocycles. The maximum absolute atomic E-state index is 13.5. The summed E-state index contributed by atoms with van der Waals surface area (Å²) in [6.45, 7) is 8.75. The zero-order valence-corrected chi connectivity index (χ0v) is 33.0. The first-order valence-electron chi connectivity index (χ1n) is 20.7. The van der Waals surface area contributed by atoms with Crippen molar-refractivity contribution in [3.8, 4) is 22.6 Å². The second kappa shape index (κ2) is 19.1. The third-order valence-electron chi connectivity index (χ3n) is 11.1. The van der Waals surface area contributed by atoms with Crippen molar-refractivity contribution in [3.05, 3.63) is 96.1 Å². The van der Waals surface area contributed by atoms with Crippen LogP contribution < -0.4 is 9.47 Å². The maximum atomic E-state index is 13.5. The minimum Gasteiger partial charge on any atom is -0.425 e. The van der Waals surface area contributed by atoms with Crippen LogP contribution in [0.15, 0.2) is 84.9 Å². The molecule has 0 atom stereocenters. The molecule has 6 aromatic rings. The number of carbonyl (C=O) groups excluding carboxylic acids is 2. The Labute approximate surface area is 322 Å². The van der Waals surface area contributed by atoms with E-state index in [4.69, 9.17) is 9.47 Å². The lowest BCUT2D eigenvalue weighted by atomic mass is 9.83. The van der Waals surface area contributed by atoms with Crippen molar-refractivity contribution >= 4 is 55.0 Å². The molecule has 54 heavy (non-hydrogen) atoms. The zero-order chi connectivity index (χ0) is 37.9. The van der Waals surface area contributed by atoms with Gasteiger partial charge in [-0.05, 0) is 70.5 Å². The van der Waals surface area contributed by atoms with Crippen LogP contribution in [0.3, 0.4) is 0 Å². The molecule has 4 heteroatoms. The molecule has 0 unspecified atom stereocenters. The minimum absolute atomic E-state index is 0.182. The van der Waals surface area contributed by atoms with Crippen LogP contribution in [0.2, 0.25) is 0 Å². The van der Waals surface area contributed by atoms with E-state index < -0.39 is 0 Å². The molecule has 0 spiro atoms. The number of rotatable bonds is 19. The average Bonchev–Trinajstić information content (AvgIpc) is 3.18. The van der Waals surface area contributed by atoms with E-state index in [0.717, 1.165) is 104 Å². The van der Waals surface area contributed by atoms with Crippen molar-refractivity contribution < 1.29 is 19.1 Å². The van der Waals surface area contributed by atoms with Gasteiger partial charge in [0.05, 0.1) is 0 Å². The monoisotopic (exact) mass is 722 g/mol. The number of ether oxygens (including phenoxy) is 2. The molecule has 0 saturated carbocycles. The van der Waals surface area contributed by atoms with E-state index in [1.807, 2.05) is 12.1 Å². The summed E-state index contributed by atoms with van der Waals surface area (Å²) in [6, 6.07) is 29.2. The highest BCUT2D eigenvalue weighted by molar-refractivity contribution is 6.28. The maximum Gasteiger partial charge on any atom is 0.311 e. The molecule has 0 amide bonds. The minimum atomic E-state index is -0.182. The Morgan fingerprint density at radius 2 is 0.741 bits per heavy atom. The van der Waals surface area contributed by atoms with E-state index in [0.29, 0.717) is 24.3 Å². The summed E-state index contributed by atoms with van der Waals surface area (Å²) in [4.78, 5) is 26.9. The zero-order valence-electron chi connectivity index (χ0n) is 33.0. The number of hydrogen-bond acceptors (Lipinski definition) is 4. The van der Waals surface area contributed by atoms with Crippen molar-refractivity contribution in [1.29, 1.82) is 0 Å². The van der Waals surface area contributed by atoms with Crippen LogP contribution in [0.1, 0.15) is 128 Å². The molecule has 6 aromatic carbocycles. The van der Waals surface area contributed by atoms with Crippen LogP contribution in [0.25, 0.3) is 54.2 Å². The lowest BCUT2D eigenvalue weighted by molar-refractivity contribution is -0.135. The molecule has 0 fully saturated rings. The molecule has 0 aliphatic heterocycles. The van der Waals surface area contributed by atoms with Gasteiger partial charge in [-0.2, -0.15) is 0 Å². The fraction of sp³-hybridized carbons (Fsp3) is 0.400. The molecule has 0 aliphatic rings. The number of carbonyl (C=O) groups is 2. The number of aryl methyl sites for hydroxylation is 2. The predicted octanol–water partition coefficient (Wildman–Crippen LogP) is 14.7. The highest BCUT2D eigenvalue weighted by atomic mass is 16.5. The molecule has 6 rings (SSSR count). The van der Waals surface area contributed by atoms with Crippen LogP contribution in [-0.2, 0) is 9.59 Å². The number of benzene rings is 6. The van der Waals surface area contributed by atoms with Gasteiger partial charge in [-0.25, -0.2) is 0 Å². The predicted molar refractivity (Wildman–Crippen MR) is 228 cm³/mol. The van der Waals surface area contributed by atoms with Crippen LogP contribution >= 0.6 is 0 Å². The molecule has 0 bridgehead atoms. The number of fused-ring (bicyclic) bond motifs is 4. The van der Waals surface area contributed by atoms with Gasteiger partial charge in [0.15, 0.2) is 0 Å². The first-order valence-corrected chi connectivity index (χ1v) is 20.7. The van der Waals surface area contributed by atoms with E-state index in [1.54, 1.807) is 0 Å². The van der Waals surface area contributed by atoms with Crippen molar-refractivity contribution in [2.75, 3.05) is 0 Å². The van der Waals surface area contributed by atoms with Gasteiger partial charge < -0.3 is 9.47 Å². The summed E-state index contributed by atoms with van der Waals surface area (Å²) in [5, 5.41) is 7.85. The Morgan fingerprint density at radius 3 is 1.13 bits per heavy atom. The SMILES string of the molecule is CCCCCCCCCC(=O)Oc1c2ccccc2c(-c2c3ccccc3c(OC(=O)CCCCCCCCC)c3cccc(C)c23)c2c(C)cccc12. The third-order valence-corrected chi connectivity index (χ3v) is 11.1. The quantitative estimate of drug-likeness (QED) is 0.0361. The standard InChI is InChI=1S/C50H58O4/c1-5-7-9-11-13-15-17-33-43(51)53-49-39-29-21-19-27-37(39)47(45-35(3)25-23-31-41(45)49)48-38-28-20-22-30-40(38)50(42-32-24-26-36(4)46(42)48)54-44(52)34-18-16-14-12-10-8-6-2/h19-32H,5-18,33-34H2,1-4H3. The third kappa shape index (κ3) is 8.81. The van der Waals surface area contributed by atoms with Gasteiger partial charge in [0.25, 0.3) is 0 Å². The van der Waals surface area contributed by atoms with Crippen molar-refractivity contribution in [2.45, 2.75) is 130 Å². The van der Waals surface area contributed by atoms with Crippen molar-refractivity contribution in [2.24, 2.45) is 0 Å². The summed E-state index contributed by atoms with van der Waals surface area (Å²) < 4.78 is 12.7. The van der Waals surface area contributed by atoms with Crippen molar-refractivity contribution in [1.82, 2.24) is 0 Å². The Morgan fingerprint density at radius 1 is 0.407 bits per heavy atom. The molecule has 282 valence electrons. The van der Waals surface area contributed by atoms with Gasteiger partial charge >= 0.3 is 11.9 Å². The lowest BCUT2D eigenvalue weighted by Gasteiger charge is -2.23. The summed E-state index contributed by atoms with van der Waals surface area (Å²) in [6.07, 6.45) is 16.9. The smallest absolute Gasteiger partial charge is 0.311 e. The van der Waals surface area contributed by atoms with Crippen LogP contribution in [-0.4, -0.2) is 11.9 Å². The fourth-order valence-electron chi connectivity index (χ4n) is 8.26. The largest absolute Gasteiger partial charge is 0.425 e. The fourth-order valence-corrected chi connectivity index (χ4v) is 8.26. The molecule has 0 aliphatic carbocycles. The van der Waals surface area contributed by atoms with E-state index in [2.05, 4.69) is 100 Å². The Balaban J connectivity index is 1.44. The van der Waals surface area contributed by atoms with E-state index in [9.17, 15) is 9.59 Å². The summed E-state index contributed by atoms with van der Waals surface area (Å²) >= 11 is 0. The first-order chi connectivity index (χ1) is 26.4. The van der Waals surface area contributed by atoms with Gasteiger partial charge in [-0.15, -0.1) is 0 Å². The van der Waals surface area contributed by atoms with Gasteiger partial charge in [0, 0.05) is 34.4 Å². The Bertz CT molecular complexity index is 2070. The van der Waals surface area contributed by atoms with E-state index in [1.165, 1.54) is 51.4 Å². The number of unbranched alkanes of at least 4 members (excludes halogenated alkanes) is 12. The van der Waals surface area contributed by atoms with Gasteiger partial charge in [0.2, 0.25) is 0 Å². The molecule has 0 aromatic heterocycles. The van der Waals surface area contributed by atoms with E-state index >= 15 is 0 Å². The van der Waals surface area contributed by atoms with Gasteiger partial charge in [0.1, 0.15) is 11.5 Å². The highest BCUT2D eigenvalue weighted by Crippen LogP contribution is 2.51. The Hall–Kier alpha value is -4.70. The molecule has 4 nitrogen and oxygen atoms in total. The van der Waals surface area contributed by atoms with E-state index in [-0.39, 0.29) is 11.9 Å². The molecule has 0 N–H and O–H groups in total. The normalized spacial score (nSPS) is 11.6. The second-order valence-electron chi connectivity index (χ2n) is 15.2. The molecule has 0 radical (unpaired) electrons. The molecule has 0 heterocycles. The Kier molecular flexibility index (Phi) is 13.8. The summed E-state index contributed by atoms with van der Waals surface area (Å²) in [5.74, 6) is 0.891. The average molecular weight is 723 g/mol. The van der Waals surface area contributed by atoms with Gasteiger partial charge in [-0.3, -0.25) is 9.59 Å². The lowest BCUT2D eigenvalue weighted by Crippen LogP contribution is -2.09. The van der Waals surface area contributed by atoms with Gasteiger partial charge in [-0.1, -0.05) is 176 Å². The summed E-state index contributed by atoms with van der Waals surface area (Å²) in [5.41, 5.74) is 4.41. The topological polar surface area (TPSA) is 52.6 Å². The highest BCUT2D eigenvalue weighted by Gasteiger charge is 2.25. The van der Waals surface area contributed by atoms with Crippen molar-refractivity contribution in [3.63, 3.8) is 0 Å². The number of hydrogen-bond donors (Lipinski definition) is 0. The van der Waals surface area contributed by atoms with Crippen LogP contribution in [0, 0.1) is 13.8 Å².